The molecule has 0 fully saturated rings. The maximum Gasteiger partial charge on any atom is 0.264 e. The fourth-order valence-corrected chi connectivity index (χ4v) is 1.60. The maximum absolute atomic E-state index is 12.5. The number of rotatable bonds is 5. The van der Waals surface area contributed by atoms with E-state index in [9.17, 15) is 17.2 Å². The molecule has 0 bridgehead atoms. The van der Waals surface area contributed by atoms with Gasteiger partial charge in [-0.2, -0.15) is 8.42 Å². The standard InChI is InChI=1S/C8H12F2O4S/c1-15(11,12)14-5-6(8(9)10)7-3-2-4-13-7/h2-3,6-8H,4-5H2,1H3/t6-,7+/m1/s1. The Bertz CT molecular complexity index is 326. The van der Waals surface area contributed by atoms with Crippen molar-refractivity contribution in [1.82, 2.24) is 0 Å². The van der Waals surface area contributed by atoms with Gasteiger partial charge in [-0.1, -0.05) is 12.2 Å². The largest absolute Gasteiger partial charge is 0.369 e. The van der Waals surface area contributed by atoms with Gasteiger partial charge in [-0.15, -0.1) is 0 Å². The van der Waals surface area contributed by atoms with Gasteiger partial charge in [0.05, 0.1) is 31.5 Å². The lowest BCUT2D eigenvalue weighted by atomic mass is 10.1. The molecule has 0 unspecified atom stereocenters. The van der Waals surface area contributed by atoms with Crippen LogP contribution in [0.3, 0.4) is 0 Å². The fourth-order valence-electron chi connectivity index (χ4n) is 1.19. The van der Waals surface area contributed by atoms with Crippen molar-refractivity contribution in [1.29, 1.82) is 0 Å². The van der Waals surface area contributed by atoms with E-state index in [4.69, 9.17) is 4.74 Å². The Morgan fingerprint density at radius 2 is 2.27 bits per heavy atom. The van der Waals surface area contributed by atoms with Gasteiger partial charge >= 0.3 is 0 Å². The molecule has 0 aromatic carbocycles. The zero-order valence-electron chi connectivity index (χ0n) is 8.10. The van der Waals surface area contributed by atoms with Crippen LogP contribution in [-0.4, -0.2) is 40.4 Å². The molecule has 15 heavy (non-hydrogen) atoms. The molecule has 1 heterocycles. The highest BCUT2D eigenvalue weighted by Gasteiger charge is 2.31. The average Bonchev–Trinajstić information content (AvgIpc) is 2.54. The Labute approximate surface area is 87.0 Å². The SMILES string of the molecule is CS(=O)(=O)OC[C@@H](C(F)F)[C@@H]1C=CCO1. The van der Waals surface area contributed by atoms with E-state index in [1.807, 2.05) is 0 Å². The summed E-state index contributed by atoms with van der Waals surface area (Å²) in [5.74, 6) is -1.25. The molecule has 0 aromatic heterocycles. The van der Waals surface area contributed by atoms with Crippen molar-refractivity contribution in [2.24, 2.45) is 5.92 Å². The normalized spacial score (nSPS) is 23.6. The van der Waals surface area contributed by atoms with Gasteiger partial charge in [0.25, 0.3) is 10.1 Å². The second-order valence-electron chi connectivity index (χ2n) is 3.21. The van der Waals surface area contributed by atoms with Crippen LogP contribution in [0.4, 0.5) is 8.78 Å². The van der Waals surface area contributed by atoms with E-state index in [1.54, 1.807) is 6.08 Å². The molecule has 0 saturated carbocycles. The van der Waals surface area contributed by atoms with Gasteiger partial charge < -0.3 is 4.74 Å². The Kier molecular flexibility index (Phi) is 4.18. The molecule has 1 aliphatic rings. The molecule has 0 aromatic rings. The first-order valence-electron chi connectivity index (χ1n) is 4.31. The smallest absolute Gasteiger partial charge is 0.264 e. The van der Waals surface area contributed by atoms with Gasteiger partial charge in [0.2, 0.25) is 6.43 Å². The second-order valence-corrected chi connectivity index (χ2v) is 4.86. The molecule has 0 spiro atoms. The van der Waals surface area contributed by atoms with Crippen LogP contribution >= 0.6 is 0 Å². The van der Waals surface area contributed by atoms with Crippen molar-refractivity contribution in [2.75, 3.05) is 19.5 Å². The van der Waals surface area contributed by atoms with Crippen molar-refractivity contribution >= 4 is 10.1 Å². The third-order valence-electron chi connectivity index (χ3n) is 1.93. The first-order valence-corrected chi connectivity index (χ1v) is 6.12. The van der Waals surface area contributed by atoms with Crippen LogP contribution in [0.1, 0.15) is 0 Å². The molecule has 1 rings (SSSR count). The Balaban J connectivity index is 2.55. The zero-order chi connectivity index (χ0) is 11.5. The summed E-state index contributed by atoms with van der Waals surface area (Å²) in [5.41, 5.74) is 0. The summed E-state index contributed by atoms with van der Waals surface area (Å²) in [6.07, 6.45) is 0.468. The highest BCUT2D eigenvalue weighted by atomic mass is 32.2. The summed E-state index contributed by atoms with van der Waals surface area (Å²) in [5, 5.41) is 0. The van der Waals surface area contributed by atoms with E-state index in [0.717, 1.165) is 6.26 Å². The summed E-state index contributed by atoms with van der Waals surface area (Å²) < 4.78 is 55.7. The van der Waals surface area contributed by atoms with E-state index < -0.39 is 35.2 Å². The summed E-state index contributed by atoms with van der Waals surface area (Å²) in [6, 6.07) is 0. The quantitative estimate of drug-likeness (QED) is 0.528. The molecule has 0 radical (unpaired) electrons. The van der Waals surface area contributed by atoms with Crippen molar-refractivity contribution in [3.8, 4) is 0 Å². The summed E-state index contributed by atoms with van der Waals surface area (Å²) in [6.45, 7) is -0.293. The number of hydrogen-bond acceptors (Lipinski definition) is 4. The van der Waals surface area contributed by atoms with Crippen molar-refractivity contribution in [2.45, 2.75) is 12.5 Å². The van der Waals surface area contributed by atoms with Crippen molar-refractivity contribution in [3.05, 3.63) is 12.2 Å². The number of alkyl halides is 2. The number of hydrogen-bond donors (Lipinski definition) is 0. The third kappa shape index (κ3) is 4.23. The lowest BCUT2D eigenvalue weighted by molar-refractivity contribution is -0.0284. The number of halogens is 2. The lowest BCUT2D eigenvalue weighted by Gasteiger charge is -2.20. The van der Waals surface area contributed by atoms with Crippen molar-refractivity contribution < 1.29 is 26.1 Å². The molecular formula is C8H12F2O4S. The van der Waals surface area contributed by atoms with Crippen LogP contribution in [0.25, 0.3) is 0 Å². The highest BCUT2D eigenvalue weighted by molar-refractivity contribution is 7.85. The topological polar surface area (TPSA) is 52.6 Å². The van der Waals surface area contributed by atoms with Crippen LogP contribution in [0.2, 0.25) is 0 Å². The Hall–Kier alpha value is -0.530. The van der Waals surface area contributed by atoms with Gasteiger partial charge in [-0.3, -0.25) is 4.18 Å². The molecule has 4 nitrogen and oxygen atoms in total. The van der Waals surface area contributed by atoms with E-state index >= 15 is 0 Å². The predicted molar refractivity (Wildman–Crippen MR) is 49.2 cm³/mol. The number of ether oxygens (including phenoxy) is 1. The van der Waals surface area contributed by atoms with Crippen LogP contribution in [-0.2, 0) is 19.0 Å². The molecule has 0 amide bonds. The molecular weight excluding hydrogens is 230 g/mol. The third-order valence-corrected chi connectivity index (χ3v) is 2.50. The van der Waals surface area contributed by atoms with Crippen LogP contribution < -0.4 is 0 Å². The minimum absolute atomic E-state index is 0.271. The minimum atomic E-state index is -3.70. The van der Waals surface area contributed by atoms with Crippen molar-refractivity contribution in [3.63, 3.8) is 0 Å². The van der Waals surface area contributed by atoms with E-state index in [1.165, 1.54) is 6.08 Å². The first-order chi connectivity index (χ1) is 6.90. The summed E-state index contributed by atoms with van der Waals surface area (Å²) in [4.78, 5) is 0. The van der Waals surface area contributed by atoms with Gasteiger partial charge in [-0.25, -0.2) is 8.78 Å². The predicted octanol–water partition coefficient (Wildman–Crippen LogP) is 0.799. The van der Waals surface area contributed by atoms with Gasteiger partial charge in [0.15, 0.2) is 0 Å². The molecule has 0 aliphatic carbocycles. The maximum atomic E-state index is 12.5. The fraction of sp³-hybridized carbons (Fsp3) is 0.750. The van der Waals surface area contributed by atoms with E-state index in [0.29, 0.717) is 0 Å². The van der Waals surface area contributed by atoms with Gasteiger partial charge in [-0.05, 0) is 0 Å². The summed E-state index contributed by atoms with van der Waals surface area (Å²) >= 11 is 0. The minimum Gasteiger partial charge on any atom is -0.369 e. The monoisotopic (exact) mass is 242 g/mol. The zero-order valence-corrected chi connectivity index (χ0v) is 8.91. The molecule has 1 aliphatic heterocycles. The van der Waals surface area contributed by atoms with Gasteiger partial charge in [0.1, 0.15) is 0 Å². The Morgan fingerprint density at radius 1 is 1.60 bits per heavy atom. The van der Waals surface area contributed by atoms with E-state index in [2.05, 4.69) is 4.18 Å². The molecule has 2 atom stereocenters. The van der Waals surface area contributed by atoms with Crippen LogP contribution in [0.5, 0.6) is 0 Å². The molecule has 7 heteroatoms. The lowest BCUT2D eigenvalue weighted by Crippen LogP contribution is -2.31. The molecule has 0 N–H and O–H groups in total. The average molecular weight is 242 g/mol. The highest BCUT2D eigenvalue weighted by Crippen LogP contribution is 2.22. The summed E-state index contributed by atoms with van der Waals surface area (Å²) in [7, 11) is -3.70. The molecule has 0 saturated heterocycles. The van der Waals surface area contributed by atoms with E-state index in [-0.39, 0.29) is 6.61 Å². The van der Waals surface area contributed by atoms with Crippen LogP contribution in [0.15, 0.2) is 12.2 Å². The molecule has 88 valence electrons. The first kappa shape index (κ1) is 12.5. The Morgan fingerprint density at radius 3 is 2.67 bits per heavy atom. The van der Waals surface area contributed by atoms with Crippen LogP contribution in [0, 0.1) is 5.92 Å². The van der Waals surface area contributed by atoms with Gasteiger partial charge in [0, 0.05) is 0 Å². The second kappa shape index (κ2) is 5.00.